The van der Waals surface area contributed by atoms with E-state index in [9.17, 15) is 0 Å². The summed E-state index contributed by atoms with van der Waals surface area (Å²) in [6, 6.07) is 16.1. The van der Waals surface area contributed by atoms with E-state index in [0.717, 1.165) is 29.0 Å². The Labute approximate surface area is 138 Å². The van der Waals surface area contributed by atoms with Crippen LogP contribution in [0.2, 0.25) is 0 Å². The SMILES string of the molecule is C/C=C/c1ccc(OCCCOC)c(OCc2ccccc2)c1. The van der Waals surface area contributed by atoms with Crippen molar-refractivity contribution in [3.05, 3.63) is 65.7 Å². The molecular formula is C20H24O3. The van der Waals surface area contributed by atoms with Gasteiger partial charge in [-0.15, -0.1) is 0 Å². The van der Waals surface area contributed by atoms with Crippen LogP contribution in [-0.4, -0.2) is 20.3 Å². The van der Waals surface area contributed by atoms with E-state index in [0.29, 0.717) is 19.8 Å². The van der Waals surface area contributed by atoms with Crippen LogP contribution in [0.5, 0.6) is 11.5 Å². The number of rotatable bonds is 9. The van der Waals surface area contributed by atoms with Crippen molar-refractivity contribution < 1.29 is 14.2 Å². The Balaban J connectivity index is 2.07. The molecule has 122 valence electrons. The second-order valence-electron chi connectivity index (χ2n) is 5.18. The zero-order valence-corrected chi connectivity index (χ0v) is 13.8. The molecular weight excluding hydrogens is 288 g/mol. The van der Waals surface area contributed by atoms with E-state index in [2.05, 4.69) is 12.1 Å². The molecule has 3 heteroatoms. The Hall–Kier alpha value is -2.26. The number of allylic oxidation sites excluding steroid dienone is 1. The molecule has 3 nitrogen and oxygen atoms in total. The second-order valence-corrected chi connectivity index (χ2v) is 5.18. The highest BCUT2D eigenvalue weighted by molar-refractivity contribution is 5.55. The van der Waals surface area contributed by atoms with Crippen LogP contribution in [0.3, 0.4) is 0 Å². The summed E-state index contributed by atoms with van der Waals surface area (Å²) in [4.78, 5) is 0. The average molecular weight is 312 g/mol. The van der Waals surface area contributed by atoms with Gasteiger partial charge >= 0.3 is 0 Å². The molecule has 0 radical (unpaired) electrons. The van der Waals surface area contributed by atoms with Crippen molar-refractivity contribution in [2.45, 2.75) is 20.0 Å². The lowest BCUT2D eigenvalue weighted by atomic mass is 10.2. The van der Waals surface area contributed by atoms with Gasteiger partial charge in [0.2, 0.25) is 0 Å². The zero-order chi connectivity index (χ0) is 16.3. The Kier molecular flexibility index (Phi) is 7.21. The molecule has 0 aliphatic heterocycles. The molecule has 0 aliphatic carbocycles. The highest BCUT2D eigenvalue weighted by Crippen LogP contribution is 2.30. The van der Waals surface area contributed by atoms with Crippen LogP contribution >= 0.6 is 0 Å². The Morgan fingerprint density at radius 3 is 2.48 bits per heavy atom. The maximum Gasteiger partial charge on any atom is 0.162 e. The summed E-state index contributed by atoms with van der Waals surface area (Å²) in [5.41, 5.74) is 2.23. The third-order valence-electron chi connectivity index (χ3n) is 3.31. The van der Waals surface area contributed by atoms with Crippen LogP contribution in [0.4, 0.5) is 0 Å². The minimum atomic E-state index is 0.522. The van der Waals surface area contributed by atoms with E-state index in [-0.39, 0.29) is 0 Å². The van der Waals surface area contributed by atoms with Crippen molar-refractivity contribution in [3.63, 3.8) is 0 Å². The standard InChI is InChI=1S/C20H24O3/c1-3-8-17-11-12-19(22-14-7-13-21-2)20(15-17)23-16-18-9-5-4-6-10-18/h3-6,8-12,15H,7,13-14,16H2,1-2H3/b8-3+. The quantitative estimate of drug-likeness (QED) is 0.627. The number of hydrogen-bond donors (Lipinski definition) is 0. The van der Waals surface area contributed by atoms with E-state index >= 15 is 0 Å². The largest absolute Gasteiger partial charge is 0.490 e. The molecule has 0 amide bonds. The third-order valence-corrected chi connectivity index (χ3v) is 3.31. The van der Waals surface area contributed by atoms with Gasteiger partial charge in [0, 0.05) is 20.1 Å². The van der Waals surface area contributed by atoms with Gasteiger partial charge in [-0.1, -0.05) is 48.6 Å². The molecule has 0 N–H and O–H groups in total. The minimum Gasteiger partial charge on any atom is -0.490 e. The molecule has 0 bridgehead atoms. The average Bonchev–Trinajstić information content (AvgIpc) is 2.59. The molecule has 0 heterocycles. The first-order chi connectivity index (χ1) is 11.3. The van der Waals surface area contributed by atoms with E-state index in [1.165, 1.54) is 0 Å². The number of ether oxygens (including phenoxy) is 3. The monoisotopic (exact) mass is 312 g/mol. The molecule has 2 aromatic carbocycles. The smallest absolute Gasteiger partial charge is 0.162 e. The van der Waals surface area contributed by atoms with Crippen LogP contribution in [0.1, 0.15) is 24.5 Å². The van der Waals surface area contributed by atoms with Gasteiger partial charge in [0.05, 0.1) is 6.61 Å². The van der Waals surface area contributed by atoms with Gasteiger partial charge in [-0.3, -0.25) is 0 Å². The molecule has 0 fully saturated rings. The van der Waals surface area contributed by atoms with Gasteiger partial charge in [0.15, 0.2) is 11.5 Å². The fourth-order valence-electron chi connectivity index (χ4n) is 2.17. The Bertz CT molecular complexity index is 606. The molecule has 0 saturated carbocycles. The fraction of sp³-hybridized carbons (Fsp3) is 0.300. The van der Waals surface area contributed by atoms with Crippen molar-refractivity contribution >= 4 is 6.08 Å². The van der Waals surface area contributed by atoms with Crippen LogP contribution in [-0.2, 0) is 11.3 Å². The van der Waals surface area contributed by atoms with Gasteiger partial charge in [0.1, 0.15) is 6.61 Å². The van der Waals surface area contributed by atoms with Crippen LogP contribution in [0.25, 0.3) is 6.08 Å². The summed E-state index contributed by atoms with van der Waals surface area (Å²) in [5.74, 6) is 1.53. The molecule has 0 saturated heterocycles. The molecule has 2 rings (SSSR count). The number of benzene rings is 2. The molecule has 23 heavy (non-hydrogen) atoms. The normalized spacial score (nSPS) is 10.9. The predicted molar refractivity (Wildman–Crippen MR) is 93.9 cm³/mol. The van der Waals surface area contributed by atoms with Crippen molar-refractivity contribution in [1.82, 2.24) is 0 Å². The highest BCUT2D eigenvalue weighted by atomic mass is 16.5. The van der Waals surface area contributed by atoms with E-state index < -0.39 is 0 Å². The van der Waals surface area contributed by atoms with Gasteiger partial charge in [-0.2, -0.15) is 0 Å². The number of hydrogen-bond acceptors (Lipinski definition) is 3. The third kappa shape index (κ3) is 5.80. The lowest BCUT2D eigenvalue weighted by Gasteiger charge is -2.14. The fourth-order valence-corrected chi connectivity index (χ4v) is 2.17. The first-order valence-corrected chi connectivity index (χ1v) is 7.88. The predicted octanol–water partition coefficient (Wildman–Crippen LogP) is 4.71. The maximum atomic E-state index is 5.98. The summed E-state index contributed by atoms with van der Waals surface area (Å²) in [7, 11) is 1.69. The van der Waals surface area contributed by atoms with Crippen LogP contribution < -0.4 is 9.47 Å². The molecule has 0 aliphatic rings. The maximum absolute atomic E-state index is 5.98. The highest BCUT2D eigenvalue weighted by Gasteiger charge is 2.07. The topological polar surface area (TPSA) is 27.7 Å². The van der Waals surface area contributed by atoms with Gasteiger partial charge in [-0.25, -0.2) is 0 Å². The molecule has 0 aromatic heterocycles. The van der Waals surface area contributed by atoms with Crippen LogP contribution in [0, 0.1) is 0 Å². The van der Waals surface area contributed by atoms with Crippen molar-refractivity contribution in [2.75, 3.05) is 20.3 Å². The Morgan fingerprint density at radius 2 is 1.74 bits per heavy atom. The molecule has 0 spiro atoms. The van der Waals surface area contributed by atoms with Crippen molar-refractivity contribution in [1.29, 1.82) is 0 Å². The van der Waals surface area contributed by atoms with E-state index in [1.54, 1.807) is 7.11 Å². The molecule has 0 unspecified atom stereocenters. The number of methoxy groups -OCH3 is 1. The van der Waals surface area contributed by atoms with E-state index in [4.69, 9.17) is 14.2 Å². The van der Waals surface area contributed by atoms with Gasteiger partial charge in [0.25, 0.3) is 0 Å². The first-order valence-electron chi connectivity index (χ1n) is 7.88. The van der Waals surface area contributed by atoms with E-state index in [1.807, 2.05) is 55.5 Å². The summed E-state index contributed by atoms with van der Waals surface area (Å²) in [6.07, 6.45) is 4.91. The summed E-state index contributed by atoms with van der Waals surface area (Å²) in [6.45, 7) is 3.82. The lowest BCUT2D eigenvalue weighted by molar-refractivity contribution is 0.169. The van der Waals surface area contributed by atoms with Gasteiger partial charge in [-0.05, 0) is 30.2 Å². The van der Waals surface area contributed by atoms with Crippen molar-refractivity contribution in [2.24, 2.45) is 0 Å². The summed E-state index contributed by atoms with van der Waals surface area (Å²) in [5, 5.41) is 0. The minimum absolute atomic E-state index is 0.522. The Morgan fingerprint density at radius 1 is 0.913 bits per heavy atom. The molecule has 2 aromatic rings. The van der Waals surface area contributed by atoms with Crippen molar-refractivity contribution in [3.8, 4) is 11.5 Å². The first kappa shape index (κ1) is 17.1. The second kappa shape index (κ2) is 9.70. The van der Waals surface area contributed by atoms with Crippen LogP contribution in [0.15, 0.2) is 54.6 Å². The zero-order valence-electron chi connectivity index (χ0n) is 13.8. The lowest BCUT2D eigenvalue weighted by Crippen LogP contribution is -2.04. The summed E-state index contributed by atoms with van der Waals surface area (Å²) >= 11 is 0. The molecule has 0 atom stereocenters. The van der Waals surface area contributed by atoms with Gasteiger partial charge < -0.3 is 14.2 Å². The summed E-state index contributed by atoms with van der Waals surface area (Å²) < 4.78 is 16.9.